The highest BCUT2D eigenvalue weighted by Gasteiger charge is 2.09. The monoisotopic (exact) mass is 182 g/mol. The van der Waals surface area contributed by atoms with Gasteiger partial charge in [0.1, 0.15) is 0 Å². The summed E-state index contributed by atoms with van der Waals surface area (Å²) in [5, 5.41) is 0.833. The molecule has 0 aliphatic carbocycles. The first-order valence-corrected chi connectivity index (χ1v) is 4.74. The molecule has 1 atom stereocenters. The van der Waals surface area contributed by atoms with E-state index in [1.54, 1.807) is 0 Å². The van der Waals surface area contributed by atoms with E-state index in [-0.39, 0.29) is 0 Å². The van der Waals surface area contributed by atoms with E-state index in [9.17, 15) is 0 Å². The summed E-state index contributed by atoms with van der Waals surface area (Å²) in [6, 6.07) is 8.11. The van der Waals surface area contributed by atoms with Crippen LogP contribution in [0.1, 0.15) is 32.3 Å². The van der Waals surface area contributed by atoms with Gasteiger partial charge in [0.05, 0.1) is 0 Å². The predicted octanol–water partition coefficient (Wildman–Crippen LogP) is 4.10. The fraction of sp³-hybridized carbons (Fsp3) is 0.455. The van der Waals surface area contributed by atoms with E-state index in [1.807, 2.05) is 18.2 Å². The second kappa shape index (κ2) is 3.95. The Bertz CT molecular complexity index is 253. The van der Waals surface area contributed by atoms with Crippen molar-refractivity contribution < 1.29 is 0 Å². The van der Waals surface area contributed by atoms with E-state index in [2.05, 4.69) is 26.8 Å². The molecule has 0 N–H and O–H groups in total. The Morgan fingerprint density at radius 2 is 1.83 bits per heavy atom. The normalized spacial score (nSPS) is 13.4. The zero-order valence-electron chi connectivity index (χ0n) is 7.84. The molecular weight excluding hydrogens is 168 g/mol. The van der Waals surface area contributed by atoms with Crippen LogP contribution in [-0.2, 0) is 0 Å². The molecule has 66 valence electrons. The second-order valence-electron chi connectivity index (χ2n) is 3.59. The lowest BCUT2D eigenvalue weighted by atomic mass is 9.90. The van der Waals surface area contributed by atoms with Crippen molar-refractivity contribution in [3.63, 3.8) is 0 Å². The van der Waals surface area contributed by atoms with Gasteiger partial charge in [-0.2, -0.15) is 0 Å². The summed E-state index contributed by atoms with van der Waals surface area (Å²) >= 11 is 5.89. The van der Waals surface area contributed by atoms with E-state index < -0.39 is 0 Å². The fourth-order valence-electron chi connectivity index (χ4n) is 1.17. The molecule has 0 aliphatic heterocycles. The summed E-state index contributed by atoms with van der Waals surface area (Å²) in [6.45, 7) is 6.69. The minimum Gasteiger partial charge on any atom is -0.0843 e. The van der Waals surface area contributed by atoms with Crippen molar-refractivity contribution in [3.8, 4) is 0 Å². The van der Waals surface area contributed by atoms with E-state index >= 15 is 0 Å². The van der Waals surface area contributed by atoms with Gasteiger partial charge < -0.3 is 0 Å². The van der Waals surface area contributed by atoms with E-state index in [1.165, 1.54) is 5.56 Å². The van der Waals surface area contributed by atoms with Crippen LogP contribution in [0.25, 0.3) is 0 Å². The molecule has 1 heteroatoms. The molecule has 0 bridgehead atoms. The summed E-state index contributed by atoms with van der Waals surface area (Å²) in [4.78, 5) is 0. The highest BCUT2D eigenvalue weighted by Crippen LogP contribution is 2.25. The summed E-state index contributed by atoms with van der Waals surface area (Å²) in [5.74, 6) is 1.26. The third-order valence-electron chi connectivity index (χ3n) is 2.37. The van der Waals surface area contributed by atoms with Crippen LogP contribution in [0.3, 0.4) is 0 Å². The van der Waals surface area contributed by atoms with Crippen LogP contribution in [0.5, 0.6) is 0 Å². The van der Waals surface area contributed by atoms with E-state index in [0.29, 0.717) is 11.8 Å². The Kier molecular flexibility index (Phi) is 3.16. The highest BCUT2D eigenvalue weighted by atomic mass is 35.5. The standard InChI is InChI=1S/C11H15Cl/c1-8(2)9(3)10-5-4-6-11(12)7-10/h4-9H,1-3H3. The molecule has 1 unspecified atom stereocenters. The van der Waals surface area contributed by atoms with Crippen molar-refractivity contribution in [2.24, 2.45) is 5.92 Å². The molecule has 1 aromatic rings. The molecule has 1 aromatic carbocycles. The van der Waals surface area contributed by atoms with Crippen molar-refractivity contribution in [3.05, 3.63) is 34.9 Å². The summed E-state index contributed by atoms with van der Waals surface area (Å²) in [6.07, 6.45) is 0. The third-order valence-corrected chi connectivity index (χ3v) is 2.61. The van der Waals surface area contributed by atoms with Crippen molar-refractivity contribution in [1.29, 1.82) is 0 Å². The lowest BCUT2D eigenvalue weighted by molar-refractivity contribution is 0.535. The van der Waals surface area contributed by atoms with E-state index in [4.69, 9.17) is 11.6 Å². The Morgan fingerprint density at radius 1 is 1.17 bits per heavy atom. The van der Waals surface area contributed by atoms with Crippen LogP contribution in [0.4, 0.5) is 0 Å². The van der Waals surface area contributed by atoms with Crippen molar-refractivity contribution in [1.82, 2.24) is 0 Å². The summed E-state index contributed by atoms with van der Waals surface area (Å²) in [7, 11) is 0. The molecule has 0 spiro atoms. The highest BCUT2D eigenvalue weighted by molar-refractivity contribution is 6.30. The fourth-order valence-corrected chi connectivity index (χ4v) is 1.37. The van der Waals surface area contributed by atoms with Crippen molar-refractivity contribution in [2.45, 2.75) is 26.7 Å². The third kappa shape index (κ3) is 2.25. The maximum atomic E-state index is 5.89. The quantitative estimate of drug-likeness (QED) is 0.646. The molecule has 0 nitrogen and oxygen atoms in total. The SMILES string of the molecule is CC(C)C(C)c1cccc(Cl)c1. The molecule has 1 rings (SSSR count). The van der Waals surface area contributed by atoms with Crippen LogP contribution >= 0.6 is 11.6 Å². The molecule has 0 heterocycles. The average Bonchev–Trinajstić information content (AvgIpc) is 2.03. The van der Waals surface area contributed by atoms with Gasteiger partial charge in [0.15, 0.2) is 0 Å². The number of halogens is 1. The Balaban J connectivity index is 2.88. The first-order chi connectivity index (χ1) is 5.61. The van der Waals surface area contributed by atoms with Crippen molar-refractivity contribution >= 4 is 11.6 Å². The molecule has 12 heavy (non-hydrogen) atoms. The first-order valence-electron chi connectivity index (χ1n) is 4.36. The van der Waals surface area contributed by atoms with Crippen molar-refractivity contribution in [2.75, 3.05) is 0 Å². The van der Waals surface area contributed by atoms with Gasteiger partial charge in [0.25, 0.3) is 0 Å². The van der Waals surface area contributed by atoms with Gasteiger partial charge in [-0.25, -0.2) is 0 Å². The Morgan fingerprint density at radius 3 is 2.33 bits per heavy atom. The zero-order chi connectivity index (χ0) is 9.14. The number of benzene rings is 1. The van der Waals surface area contributed by atoms with Gasteiger partial charge >= 0.3 is 0 Å². The molecule has 0 amide bonds. The maximum absolute atomic E-state index is 5.89. The van der Waals surface area contributed by atoms with Gasteiger partial charge in [0, 0.05) is 5.02 Å². The molecule has 0 fully saturated rings. The van der Waals surface area contributed by atoms with Gasteiger partial charge in [-0.05, 0) is 29.5 Å². The topological polar surface area (TPSA) is 0 Å². The summed E-state index contributed by atoms with van der Waals surface area (Å²) < 4.78 is 0. The van der Waals surface area contributed by atoms with Crippen LogP contribution < -0.4 is 0 Å². The maximum Gasteiger partial charge on any atom is 0.0408 e. The number of hydrogen-bond donors (Lipinski definition) is 0. The molecule has 0 radical (unpaired) electrons. The van der Waals surface area contributed by atoms with Crippen LogP contribution in [0, 0.1) is 5.92 Å². The molecule has 0 aromatic heterocycles. The van der Waals surface area contributed by atoms with Gasteiger partial charge in [-0.15, -0.1) is 0 Å². The predicted molar refractivity (Wildman–Crippen MR) is 54.7 cm³/mol. The largest absolute Gasteiger partial charge is 0.0843 e. The van der Waals surface area contributed by atoms with Gasteiger partial charge in [0.2, 0.25) is 0 Å². The molecule has 0 aliphatic rings. The van der Waals surface area contributed by atoms with E-state index in [0.717, 1.165) is 5.02 Å². The zero-order valence-corrected chi connectivity index (χ0v) is 8.60. The average molecular weight is 183 g/mol. The minimum atomic E-state index is 0.587. The number of rotatable bonds is 2. The smallest absolute Gasteiger partial charge is 0.0408 e. The Labute approximate surface area is 79.6 Å². The minimum absolute atomic E-state index is 0.587. The Hall–Kier alpha value is -0.490. The van der Waals surface area contributed by atoms with Gasteiger partial charge in [-0.3, -0.25) is 0 Å². The molecule has 0 saturated heterocycles. The van der Waals surface area contributed by atoms with Crippen LogP contribution in [0.2, 0.25) is 5.02 Å². The number of hydrogen-bond acceptors (Lipinski definition) is 0. The van der Waals surface area contributed by atoms with Gasteiger partial charge in [-0.1, -0.05) is 44.5 Å². The lowest BCUT2D eigenvalue weighted by Gasteiger charge is -2.15. The van der Waals surface area contributed by atoms with Crippen LogP contribution in [-0.4, -0.2) is 0 Å². The summed E-state index contributed by atoms with van der Waals surface area (Å²) in [5.41, 5.74) is 1.33. The lowest BCUT2D eigenvalue weighted by Crippen LogP contribution is -2.01. The molecule has 0 saturated carbocycles. The molecular formula is C11H15Cl. The first kappa shape index (κ1) is 9.60. The van der Waals surface area contributed by atoms with Crippen LogP contribution in [0.15, 0.2) is 24.3 Å². The second-order valence-corrected chi connectivity index (χ2v) is 4.02.